The minimum Gasteiger partial charge on any atom is -0.481 e. The number of carbonyl (C=O) groups is 6. The first-order valence-electron chi connectivity index (χ1n) is 9.70. The normalized spacial score (nSPS) is 21.8. The van der Waals surface area contributed by atoms with Crippen LogP contribution in [0.1, 0.15) is 33.6 Å². The molecule has 1 atom stereocenters. The van der Waals surface area contributed by atoms with Crippen LogP contribution in [0.2, 0.25) is 0 Å². The molecule has 0 aromatic heterocycles. The fraction of sp³-hybridized carbons (Fsp3) is 0.684. The molecule has 17 heteroatoms. The highest BCUT2D eigenvalue weighted by Crippen LogP contribution is 2.46. The molecule has 1 unspecified atom stereocenters. The van der Waals surface area contributed by atoms with Crippen molar-refractivity contribution < 1.29 is 77.7 Å². The van der Waals surface area contributed by atoms with Crippen LogP contribution in [-0.4, -0.2) is 88.7 Å². The number of hydrogen-bond acceptors (Lipinski definition) is 7. The molecule has 0 radical (unpaired) electrons. The van der Waals surface area contributed by atoms with Crippen molar-refractivity contribution in [3.63, 3.8) is 0 Å². The number of hydrogen-bond donors (Lipinski definition) is 7. The molecule has 13 nitrogen and oxygen atoms in total. The molecule has 0 spiro atoms. The van der Waals surface area contributed by atoms with Crippen LogP contribution in [-0.2, 0) is 28.8 Å². The molecule has 2 fully saturated rings. The lowest BCUT2D eigenvalue weighted by atomic mass is 9.98. The number of rotatable bonds is 7. The number of aliphatic carboxylic acids is 6. The zero-order valence-electron chi connectivity index (χ0n) is 19.0. The fourth-order valence-corrected chi connectivity index (χ4v) is 1.98. The van der Waals surface area contributed by atoms with E-state index in [1.807, 2.05) is 0 Å². The molecule has 2 aliphatic rings. The summed E-state index contributed by atoms with van der Waals surface area (Å²) in [5.74, 6) is -11.6. The van der Waals surface area contributed by atoms with Gasteiger partial charge in [-0.25, -0.2) is 4.79 Å². The molecule has 0 aromatic rings. The van der Waals surface area contributed by atoms with Gasteiger partial charge >= 0.3 is 42.0 Å². The number of carboxylic acids is 6. The lowest BCUT2D eigenvalue weighted by Gasteiger charge is -2.20. The monoisotopic (exact) mass is 598 g/mol. The first kappa shape index (κ1) is 35.2. The van der Waals surface area contributed by atoms with E-state index in [2.05, 4.69) is 15.9 Å². The van der Waals surface area contributed by atoms with Crippen molar-refractivity contribution in [2.45, 2.75) is 45.4 Å². The summed E-state index contributed by atoms with van der Waals surface area (Å²) in [5, 5.41) is 58.1. The third-order valence-electron chi connectivity index (χ3n) is 4.68. The molecule has 0 aromatic carbocycles. The second-order valence-corrected chi connectivity index (χ2v) is 8.96. The Morgan fingerprint density at radius 3 is 1.03 bits per heavy atom. The largest absolute Gasteiger partial charge is 0.481 e. The van der Waals surface area contributed by atoms with Crippen molar-refractivity contribution in [2.24, 2.45) is 29.1 Å². The molecule has 0 amide bonds. The quantitative estimate of drug-likeness (QED) is 0.205. The first-order valence-corrected chi connectivity index (χ1v) is 10.8. The zero-order chi connectivity index (χ0) is 29.4. The van der Waals surface area contributed by atoms with Gasteiger partial charge in [0.1, 0.15) is 0 Å². The van der Waals surface area contributed by atoms with Crippen LogP contribution in [0.3, 0.4) is 0 Å². The summed E-state index contributed by atoms with van der Waals surface area (Å²) in [6, 6.07) is 0. The minimum atomic E-state index is -5.13. The average Bonchev–Trinajstić information content (AvgIpc) is 3.60. The number of carboxylic acid groups (broad SMARTS) is 6. The van der Waals surface area contributed by atoms with E-state index in [0.29, 0.717) is 5.33 Å². The van der Waals surface area contributed by atoms with Gasteiger partial charge in [0.2, 0.25) is 0 Å². The van der Waals surface area contributed by atoms with E-state index in [-0.39, 0.29) is 12.8 Å². The molecular formula is C19H26BrF3O13. The SMILES string of the molecule is CC(C)(CBr)C(=O)O.CC(O)(C(=O)O)C(F)(F)F.O=C(O)C1C(C(=O)O)C1C(=O)O.O=C(O)C1CC1. The van der Waals surface area contributed by atoms with Crippen molar-refractivity contribution in [1.29, 1.82) is 0 Å². The summed E-state index contributed by atoms with van der Waals surface area (Å²) in [6.07, 6.45) is -3.33. The summed E-state index contributed by atoms with van der Waals surface area (Å²) < 4.78 is 34.4. The second-order valence-electron chi connectivity index (χ2n) is 8.40. The summed E-state index contributed by atoms with van der Waals surface area (Å²) in [6.45, 7) is 3.52. The van der Waals surface area contributed by atoms with E-state index in [1.165, 1.54) is 0 Å². The summed E-state index contributed by atoms with van der Waals surface area (Å²) in [5.41, 5.74) is -4.27. The highest BCUT2D eigenvalue weighted by Gasteiger charge is 2.64. The molecule has 0 aliphatic heterocycles. The van der Waals surface area contributed by atoms with Crippen LogP contribution in [0.25, 0.3) is 0 Å². The average molecular weight is 599 g/mol. The molecule has 0 bridgehead atoms. The Balaban J connectivity index is 0. The van der Waals surface area contributed by atoms with Gasteiger partial charge in [-0.05, 0) is 33.6 Å². The molecular weight excluding hydrogens is 573 g/mol. The van der Waals surface area contributed by atoms with Gasteiger partial charge in [0.05, 0.1) is 29.1 Å². The van der Waals surface area contributed by atoms with Crippen LogP contribution in [0.15, 0.2) is 0 Å². The third kappa shape index (κ3) is 11.2. The summed E-state index contributed by atoms with van der Waals surface area (Å²) in [7, 11) is 0. The molecule has 2 saturated carbocycles. The van der Waals surface area contributed by atoms with Gasteiger partial charge in [0.25, 0.3) is 5.60 Å². The van der Waals surface area contributed by atoms with E-state index >= 15 is 0 Å². The van der Waals surface area contributed by atoms with E-state index in [4.69, 9.17) is 35.7 Å². The van der Waals surface area contributed by atoms with Gasteiger partial charge < -0.3 is 35.7 Å². The van der Waals surface area contributed by atoms with Crippen molar-refractivity contribution in [1.82, 2.24) is 0 Å². The maximum atomic E-state index is 11.5. The molecule has 7 N–H and O–H groups in total. The number of aliphatic hydroxyl groups is 1. The van der Waals surface area contributed by atoms with Crippen molar-refractivity contribution in [2.75, 3.05) is 5.33 Å². The Kier molecular flexibility index (Phi) is 13.1. The Morgan fingerprint density at radius 1 is 0.694 bits per heavy atom. The van der Waals surface area contributed by atoms with Crippen LogP contribution < -0.4 is 0 Å². The van der Waals surface area contributed by atoms with Crippen LogP contribution in [0.5, 0.6) is 0 Å². The van der Waals surface area contributed by atoms with Gasteiger partial charge in [0.15, 0.2) is 0 Å². The van der Waals surface area contributed by atoms with Crippen molar-refractivity contribution in [3.8, 4) is 0 Å². The van der Waals surface area contributed by atoms with Gasteiger partial charge in [-0.15, -0.1) is 0 Å². The molecule has 36 heavy (non-hydrogen) atoms. The lowest BCUT2D eigenvalue weighted by molar-refractivity contribution is -0.253. The Bertz CT molecular complexity index is 801. The molecule has 0 heterocycles. The molecule has 2 aliphatic carbocycles. The van der Waals surface area contributed by atoms with E-state index in [9.17, 15) is 41.9 Å². The van der Waals surface area contributed by atoms with Gasteiger partial charge in [0, 0.05) is 5.33 Å². The standard InChI is InChI=1S/C6H6O6.C5H9BrO2.C4H5F3O3.C4H6O2/c7-4(8)1-2(5(9)10)3(1)6(11)12;1-5(2,3-6)4(7)8;1-3(10,2(8)9)4(5,6)7;5-4(6)3-1-2-3/h1-3H,(H,7,8)(H,9,10)(H,11,12);3H2,1-2H3,(H,7,8);10H,1H3,(H,8,9);3H,1-2H2,(H,5,6). The number of halogens is 4. The second kappa shape index (κ2) is 13.4. The van der Waals surface area contributed by atoms with E-state index < -0.39 is 70.8 Å². The predicted molar refractivity (Wildman–Crippen MR) is 113 cm³/mol. The van der Waals surface area contributed by atoms with E-state index in [1.54, 1.807) is 13.8 Å². The maximum absolute atomic E-state index is 11.5. The Morgan fingerprint density at radius 2 is 1.00 bits per heavy atom. The van der Waals surface area contributed by atoms with Crippen LogP contribution in [0.4, 0.5) is 13.2 Å². The lowest BCUT2D eigenvalue weighted by Crippen LogP contribution is -2.49. The van der Waals surface area contributed by atoms with Crippen LogP contribution in [0, 0.1) is 29.1 Å². The van der Waals surface area contributed by atoms with E-state index in [0.717, 1.165) is 12.8 Å². The molecule has 2 rings (SSSR count). The number of alkyl halides is 4. The van der Waals surface area contributed by atoms with Crippen LogP contribution >= 0.6 is 15.9 Å². The van der Waals surface area contributed by atoms with Gasteiger partial charge in [-0.3, -0.25) is 24.0 Å². The third-order valence-corrected chi connectivity index (χ3v) is 6.09. The Hall–Kier alpha value is -2.95. The first-order chi connectivity index (χ1) is 16.0. The molecule has 208 valence electrons. The topological polar surface area (TPSA) is 244 Å². The van der Waals surface area contributed by atoms with Crippen molar-refractivity contribution in [3.05, 3.63) is 0 Å². The van der Waals surface area contributed by atoms with Gasteiger partial charge in [-0.1, -0.05) is 15.9 Å². The van der Waals surface area contributed by atoms with Gasteiger partial charge in [-0.2, -0.15) is 13.2 Å². The fourth-order valence-electron chi connectivity index (χ4n) is 1.74. The minimum absolute atomic E-state index is 0.0185. The molecule has 0 saturated heterocycles. The summed E-state index contributed by atoms with van der Waals surface area (Å²) in [4.78, 5) is 60.5. The zero-order valence-corrected chi connectivity index (χ0v) is 20.6. The smallest absolute Gasteiger partial charge is 0.427 e. The Labute approximate surface area is 209 Å². The maximum Gasteiger partial charge on any atom is 0.427 e. The predicted octanol–water partition coefficient (Wildman–Crippen LogP) is 1.46. The van der Waals surface area contributed by atoms with Crippen molar-refractivity contribution >= 4 is 51.7 Å². The highest BCUT2D eigenvalue weighted by molar-refractivity contribution is 9.09. The highest BCUT2D eigenvalue weighted by atomic mass is 79.9. The summed E-state index contributed by atoms with van der Waals surface area (Å²) >= 11 is 3.09.